The fraction of sp³-hybridized carbons (Fsp3) is 0.385. The van der Waals surface area contributed by atoms with E-state index in [9.17, 15) is 4.39 Å². The Balaban J connectivity index is 1.92. The van der Waals surface area contributed by atoms with Gasteiger partial charge in [0.15, 0.2) is 0 Å². The number of rotatable bonds is 5. The second-order valence-electron chi connectivity index (χ2n) is 4.08. The second kappa shape index (κ2) is 6.78. The molecule has 1 aliphatic rings. The summed E-state index contributed by atoms with van der Waals surface area (Å²) in [6.07, 6.45) is 4.15. The Kier molecular flexibility index (Phi) is 5.04. The van der Waals surface area contributed by atoms with E-state index in [1.165, 1.54) is 12.1 Å². The Hall–Kier alpha value is -1.04. The third-order valence-corrected chi connectivity index (χ3v) is 3.81. The Morgan fingerprint density at radius 3 is 3.06 bits per heavy atom. The number of halogens is 1. The van der Waals surface area contributed by atoms with Crippen LogP contribution in [0.15, 0.2) is 41.0 Å². The molecule has 1 aromatic carbocycles. The van der Waals surface area contributed by atoms with Gasteiger partial charge in [-0.2, -0.15) is 0 Å². The molecule has 0 spiro atoms. The molecule has 0 amide bonds. The van der Waals surface area contributed by atoms with Gasteiger partial charge in [0.1, 0.15) is 11.6 Å². The first-order valence-corrected chi connectivity index (χ1v) is 6.95. The predicted molar refractivity (Wildman–Crippen MR) is 71.5 cm³/mol. The van der Waals surface area contributed by atoms with Crippen LogP contribution in [0.3, 0.4) is 0 Å². The standard InChI is InChI=1S/C13H17FN2OS/c14-10-4-3-5-11(8-10)18-9-12(16-15)13-6-1-2-7-17-13/h3-6,8,12,16H,1-2,7,9,15H2. The van der Waals surface area contributed by atoms with Gasteiger partial charge in [-0.25, -0.2) is 9.82 Å². The summed E-state index contributed by atoms with van der Waals surface area (Å²) in [5, 5.41) is 0. The first kappa shape index (κ1) is 13.4. The van der Waals surface area contributed by atoms with Crippen molar-refractivity contribution in [2.75, 3.05) is 12.4 Å². The highest BCUT2D eigenvalue weighted by molar-refractivity contribution is 7.99. The lowest BCUT2D eigenvalue weighted by atomic mass is 10.2. The highest BCUT2D eigenvalue weighted by Gasteiger charge is 2.16. The molecular weight excluding hydrogens is 251 g/mol. The van der Waals surface area contributed by atoms with Crippen LogP contribution in [0.4, 0.5) is 4.39 Å². The number of nitrogens with one attached hydrogen (secondary N) is 1. The molecule has 3 N–H and O–H groups in total. The normalized spacial score (nSPS) is 16.9. The van der Waals surface area contributed by atoms with Crippen LogP contribution < -0.4 is 11.3 Å². The molecule has 1 unspecified atom stereocenters. The lowest BCUT2D eigenvalue weighted by Crippen LogP contribution is -2.39. The van der Waals surface area contributed by atoms with Crippen LogP contribution >= 0.6 is 11.8 Å². The maximum Gasteiger partial charge on any atom is 0.124 e. The van der Waals surface area contributed by atoms with Gasteiger partial charge in [0.05, 0.1) is 12.6 Å². The predicted octanol–water partition coefficient (Wildman–Crippen LogP) is 2.44. The van der Waals surface area contributed by atoms with Gasteiger partial charge in [-0.05, 0) is 37.1 Å². The minimum atomic E-state index is -0.217. The van der Waals surface area contributed by atoms with Gasteiger partial charge in [-0.15, -0.1) is 11.8 Å². The zero-order valence-electron chi connectivity index (χ0n) is 10.1. The molecule has 1 atom stereocenters. The monoisotopic (exact) mass is 268 g/mol. The first-order valence-electron chi connectivity index (χ1n) is 5.97. The molecule has 0 saturated carbocycles. The molecule has 5 heteroatoms. The van der Waals surface area contributed by atoms with Gasteiger partial charge >= 0.3 is 0 Å². The summed E-state index contributed by atoms with van der Waals surface area (Å²) >= 11 is 1.56. The minimum Gasteiger partial charge on any atom is -0.497 e. The van der Waals surface area contributed by atoms with Crippen molar-refractivity contribution in [3.05, 3.63) is 41.9 Å². The van der Waals surface area contributed by atoms with Gasteiger partial charge in [0.25, 0.3) is 0 Å². The maximum atomic E-state index is 13.0. The van der Waals surface area contributed by atoms with Gasteiger partial charge in [0, 0.05) is 10.6 Å². The van der Waals surface area contributed by atoms with E-state index in [0.29, 0.717) is 5.75 Å². The van der Waals surface area contributed by atoms with Crippen molar-refractivity contribution in [1.82, 2.24) is 5.43 Å². The van der Waals surface area contributed by atoms with E-state index in [4.69, 9.17) is 10.6 Å². The number of allylic oxidation sites excluding steroid dienone is 1. The van der Waals surface area contributed by atoms with Crippen molar-refractivity contribution in [2.45, 2.75) is 23.8 Å². The van der Waals surface area contributed by atoms with Crippen LogP contribution in [0, 0.1) is 5.82 Å². The Labute approximate surface area is 111 Å². The molecule has 0 saturated heterocycles. The summed E-state index contributed by atoms with van der Waals surface area (Å²) in [6, 6.07) is 6.53. The Morgan fingerprint density at radius 1 is 1.50 bits per heavy atom. The second-order valence-corrected chi connectivity index (χ2v) is 5.18. The molecule has 1 aliphatic heterocycles. The van der Waals surface area contributed by atoms with Crippen molar-refractivity contribution in [2.24, 2.45) is 5.84 Å². The molecule has 98 valence electrons. The van der Waals surface area contributed by atoms with Crippen molar-refractivity contribution < 1.29 is 9.13 Å². The van der Waals surface area contributed by atoms with E-state index in [2.05, 4.69) is 11.5 Å². The summed E-state index contributed by atoms with van der Waals surface area (Å²) in [5.74, 6) is 6.93. The number of thioether (sulfide) groups is 1. The average molecular weight is 268 g/mol. The fourth-order valence-corrected chi connectivity index (χ4v) is 2.76. The number of benzene rings is 1. The van der Waals surface area contributed by atoms with Gasteiger partial charge in [-0.3, -0.25) is 5.84 Å². The lowest BCUT2D eigenvalue weighted by Gasteiger charge is -2.22. The van der Waals surface area contributed by atoms with E-state index in [1.54, 1.807) is 17.8 Å². The topological polar surface area (TPSA) is 47.3 Å². The van der Waals surface area contributed by atoms with Crippen molar-refractivity contribution in [1.29, 1.82) is 0 Å². The van der Waals surface area contributed by atoms with Crippen molar-refractivity contribution >= 4 is 11.8 Å². The summed E-state index contributed by atoms with van der Waals surface area (Å²) in [6.45, 7) is 0.745. The number of ether oxygens (including phenoxy) is 1. The van der Waals surface area contributed by atoms with E-state index in [0.717, 1.165) is 30.1 Å². The molecule has 0 aromatic heterocycles. The van der Waals surface area contributed by atoms with Crippen LogP contribution in [0.1, 0.15) is 12.8 Å². The zero-order chi connectivity index (χ0) is 12.8. The molecule has 0 aliphatic carbocycles. The van der Waals surface area contributed by atoms with E-state index < -0.39 is 0 Å². The highest BCUT2D eigenvalue weighted by atomic mass is 32.2. The molecule has 1 aromatic rings. The first-order chi connectivity index (χ1) is 8.79. The molecule has 0 fully saturated rings. The van der Waals surface area contributed by atoms with Crippen molar-refractivity contribution in [3.63, 3.8) is 0 Å². The van der Waals surface area contributed by atoms with Gasteiger partial charge in [0.2, 0.25) is 0 Å². The molecule has 18 heavy (non-hydrogen) atoms. The van der Waals surface area contributed by atoms with Crippen molar-refractivity contribution in [3.8, 4) is 0 Å². The quantitative estimate of drug-likeness (QED) is 0.489. The van der Waals surface area contributed by atoms with Crippen LogP contribution in [0.2, 0.25) is 0 Å². The number of nitrogens with two attached hydrogens (primary N) is 1. The van der Waals surface area contributed by atoms with Crippen LogP contribution in [0.25, 0.3) is 0 Å². The highest BCUT2D eigenvalue weighted by Crippen LogP contribution is 2.23. The summed E-state index contributed by atoms with van der Waals surface area (Å²) in [5.41, 5.74) is 2.75. The van der Waals surface area contributed by atoms with Gasteiger partial charge in [-0.1, -0.05) is 6.07 Å². The average Bonchev–Trinajstić information content (AvgIpc) is 2.41. The fourth-order valence-electron chi connectivity index (χ4n) is 1.77. The van der Waals surface area contributed by atoms with E-state index in [1.807, 2.05) is 6.07 Å². The molecule has 3 nitrogen and oxygen atoms in total. The van der Waals surface area contributed by atoms with Gasteiger partial charge < -0.3 is 4.74 Å². The molecule has 1 heterocycles. The summed E-state index contributed by atoms with van der Waals surface area (Å²) < 4.78 is 18.6. The van der Waals surface area contributed by atoms with Crippen LogP contribution in [0.5, 0.6) is 0 Å². The SMILES string of the molecule is NNC(CSc1cccc(F)c1)C1=CCCCO1. The summed E-state index contributed by atoms with van der Waals surface area (Å²) in [4.78, 5) is 0.895. The largest absolute Gasteiger partial charge is 0.497 e. The lowest BCUT2D eigenvalue weighted by molar-refractivity contribution is 0.172. The molecule has 0 bridgehead atoms. The third-order valence-electron chi connectivity index (χ3n) is 2.72. The zero-order valence-corrected chi connectivity index (χ0v) is 10.9. The third kappa shape index (κ3) is 3.73. The summed E-state index contributed by atoms with van der Waals surface area (Å²) in [7, 11) is 0. The molecular formula is C13H17FN2OS. The number of hydrazine groups is 1. The Morgan fingerprint density at radius 2 is 2.39 bits per heavy atom. The Bertz CT molecular complexity index is 425. The smallest absolute Gasteiger partial charge is 0.124 e. The van der Waals surface area contributed by atoms with Crippen LogP contribution in [-0.2, 0) is 4.74 Å². The maximum absolute atomic E-state index is 13.0. The molecule has 2 rings (SSSR count). The minimum absolute atomic E-state index is 0.0291. The number of hydrogen-bond acceptors (Lipinski definition) is 4. The van der Waals surface area contributed by atoms with E-state index >= 15 is 0 Å². The van der Waals surface area contributed by atoms with Crippen LogP contribution in [-0.4, -0.2) is 18.4 Å². The van der Waals surface area contributed by atoms with E-state index in [-0.39, 0.29) is 11.9 Å². The molecule has 0 radical (unpaired) electrons. The number of hydrogen-bond donors (Lipinski definition) is 2.